The first-order valence-corrected chi connectivity index (χ1v) is 12.1. The van der Waals surface area contributed by atoms with Crippen LogP contribution in [0.3, 0.4) is 0 Å². The Kier molecular flexibility index (Phi) is 6.07. The molecule has 0 fully saturated rings. The van der Waals surface area contributed by atoms with Crippen molar-refractivity contribution in [3.05, 3.63) is 105 Å². The summed E-state index contributed by atoms with van der Waals surface area (Å²) in [7, 11) is 1.86. The molecule has 1 aliphatic rings. The van der Waals surface area contributed by atoms with Gasteiger partial charge in [0.1, 0.15) is 0 Å². The number of hydrogen-bond acceptors (Lipinski definition) is 3. The number of aryl methyl sites for hydroxylation is 3. The van der Waals surface area contributed by atoms with Crippen molar-refractivity contribution in [2.45, 2.75) is 33.4 Å². The Balaban J connectivity index is 1.57. The van der Waals surface area contributed by atoms with Gasteiger partial charge in [0.05, 0.1) is 6.54 Å². The molecule has 0 spiro atoms. The van der Waals surface area contributed by atoms with Gasteiger partial charge in [0, 0.05) is 60.6 Å². The molecule has 5 rings (SSSR count). The fraction of sp³-hybridized carbons (Fsp3) is 0.250. The zero-order valence-electron chi connectivity index (χ0n) is 20.2. The van der Waals surface area contributed by atoms with E-state index < -0.39 is 0 Å². The summed E-state index contributed by atoms with van der Waals surface area (Å²) in [5.74, 6) is 0.0349. The number of amides is 1. The SMILES string of the molecule is Cc1cc(CN2CCc3c(cc(Cn4ccn(C)c4=N)cc3-c3cccnc3C)C2=O)ccc1Cl. The minimum Gasteiger partial charge on any atom is -0.334 e. The Morgan fingerprint density at radius 1 is 1.00 bits per heavy atom. The van der Waals surface area contributed by atoms with Crippen molar-refractivity contribution in [2.24, 2.45) is 7.05 Å². The summed E-state index contributed by atoms with van der Waals surface area (Å²) in [5.41, 5.74) is 8.33. The van der Waals surface area contributed by atoms with E-state index in [-0.39, 0.29) is 5.91 Å². The zero-order valence-corrected chi connectivity index (χ0v) is 20.9. The summed E-state index contributed by atoms with van der Waals surface area (Å²) >= 11 is 6.20. The predicted molar refractivity (Wildman–Crippen MR) is 137 cm³/mol. The van der Waals surface area contributed by atoms with Gasteiger partial charge in [0.15, 0.2) is 0 Å². The lowest BCUT2D eigenvalue weighted by Crippen LogP contribution is -2.37. The van der Waals surface area contributed by atoms with Gasteiger partial charge in [-0.1, -0.05) is 29.8 Å². The van der Waals surface area contributed by atoms with Gasteiger partial charge in [-0.15, -0.1) is 0 Å². The van der Waals surface area contributed by atoms with Gasteiger partial charge in [-0.05, 0) is 72.4 Å². The third-order valence-electron chi connectivity index (χ3n) is 6.78. The highest BCUT2D eigenvalue weighted by atomic mass is 35.5. The molecule has 2 aromatic heterocycles. The van der Waals surface area contributed by atoms with Crippen molar-refractivity contribution in [1.29, 1.82) is 5.41 Å². The smallest absolute Gasteiger partial charge is 0.254 e. The number of pyridine rings is 1. The Labute approximate surface area is 209 Å². The highest BCUT2D eigenvalue weighted by Crippen LogP contribution is 2.34. The van der Waals surface area contributed by atoms with Gasteiger partial charge >= 0.3 is 0 Å². The monoisotopic (exact) mass is 485 g/mol. The van der Waals surface area contributed by atoms with E-state index in [1.54, 1.807) is 10.8 Å². The molecule has 6 nitrogen and oxygen atoms in total. The molecule has 4 aromatic rings. The maximum atomic E-state index is 13.8. The molecular formula is C28H28ClN5O. The maximum Gasteiger partial charge on any atom is 0.254 e. The molecule has 35 heavy (non-hydrogen) atoms. The standard InChI is InChI=1S/C28H28ClN5O/c1-18-13-20(6-7-26(18)29)16-33-10-8-23-24(22-5-4-9-31-19(22)2)14-21(15-25(23)27(33)35)17-34-12-11-32(3)28(34)30/h4-7,9,11-15,30H,8,10,16-17H2,1-3H3. The largest absolute Gasteiger partial charge is 0.334 e. The normalized spacial score (nSPS) is 13.3. The molecule has 0 aliphatic carbocycles. The molecule has 0 saturated carbocycles. The van der Waals surface area contributed by atoms with Gasteiger partial charge in [-0.3, -0.25) is 15.2 Å². The summed E-state index contributed by atoms with van der Waals surface area (Å²) in [6, 6.07) is 14.1. The molecule has 0 atom stereocenters. The van der Waals surface area contributed by atoms with E-state index in [1.165, 1.54) is 0 Å². The van der Waals surface area contributed by atoms with Crippen molar-refractivity contribution in [3.63, 3.8) is 0 Å². The van der Waals surface area contributed by atoms with Crippen LogP contribution in [0.4, 0.5) is 0 Å². The van der Waals surface area contributed by atoms with Gasteiger partial charge in [0.2, 0.25) is 5.62 Å². The fourth-order valence-electron chi connectivity index (χ4n) is 4.84. The summed E-state index contributed by atoms with van der Waals surface area (Å²) in [6.07, 6.45) is 6.34. The minimum atomic E-state index is 0.0349. The molecule has 7 heteroatoms. The Bertz CT molecular complexity index is 1500. The second-order valence-corrected chi connectivity index (χ2v) is 9.63. The van der Waals surface area contributed by atoms with E-state index in [0.29, 0.717) is 25.3 Å². The van der Waals surface area contributed by atoms with Crippen molar-refractivity contribution >= 4 is 17.5 Å². The van der Waals surface area contributed by atoms with E-state index in [9.17, 15) is 4.79 Å². The number of hydrogen-bond donors (Lipinski definition) is 1. The molecule has 0 saturated heterocycles. The number of nitrogens with one attached hydrogen (secondary N) is 1. The second-order valence-electron chi connectivity index (χ2n) is 9.23. The van der Waals surface area contributed by atoms with Crippen LogP contribution in [-0.2, 0) is 26.6 Å². The molecule has 1 N–H and O–H groups in total. The molecule has 1 amide bonds. The molecule has 0 radical (unpaired) electrons. The summed E-state index contributed by atoms with van der Waals surface area (Å²) in [4.78, 5) is 20.2. The first kappa shape index (κ1) is 23.1. The van der Waals surface area contributed by atoms with E-state index in [0.717, 1.165) is 56.1 Å². The summed E-state index contributed by atoms with van der Waals surface area (Å²) in [6.45, 7) is 5.70. The summed E-state index contributed by atoms with van der Waals surface area (Å²) < 4.78 is 3.65. The van der Waals surface area contributed by atoms with Crippen LogP contribution in [0.2, 0.25) is 5.02 Å². The van der Waals surface area contributed by atoms with Crippen LogP contribution in [0.5, 0.6) is 0 Å². The van der Waals surface area contributed by atoms with Crippen molar-refractivity contribution in [1.82, 2.24) is 19.0 Å². The zero-order chi connectivity index (χ0) is 24.7. The molecule has 1 aliphatic heterocycles. The average Bonchev–Trinajstić information content (AvgIpc) is 3.15. The predicted octanol–water partition coefficient (Wildman–Crippen LogP) is 4.89. The second kappa shape index (κ2) is 9.19. The lowest BCUT2D eigenvalue weighted by molar-refractivity contribution is 0.0727. The van der Waals surface area contributed by atoms with Gasteiger partial charge in [-0.25, -0.2) is 0 Å². The quantitative estimate of drug-likeness (QED) is 0.437. The molecule has 2 aromatic carbocycles. The van der Waals surface area contributed by atoms with Crippen LogP contribution >= 0.6 is 11.6 Å². The van der Waals surface area contributed by atoms with E-state index in [4.69, 9.17) is 17.0 Å². The summed E-state index contributed by atoms with van der Waals surface area (Å²) in [5, 5.41) is 9.06. The number of carbonyl (C=O) groups is 1. The number of rotatable bonds is 5. The number of carbonyl (C=O) groups excluding carboxylic acids is 1. The molecule has 178 valence electrons. The van der Waals surface area contributed by atoms with Crippen molar-refractivity contribution < 1.29 is 4.79 Å². The van der Waals surface area contributed by atoms with Crippen molar-refractivity contribution in [2.75, 3.05) is 6.54 Å². The highest BCUT2D eigenvalue weighted by Gasteiger charge is 2.28. The lowest BCUT2D eigenvalue weighted by atomic mass is 9.87. The van der Waals surface area contributed by atoms with Crippen LogP contribution in [0.25, 0.3) is 11.1 Å². The van der Waals surface area contributed by atoms with Crippen LogP contribution in [0.15, 0.2) is 61.1 Å². The lowest BCUT2D eigenvalue weighted by Gasteiger charge is -2.31. The maximum absolute atomic E-state index is 13.8. The highest BCUT2D eigenvalue weighted by molar-refractivity contribution is 6.31. The average molecular weight is 486 g/mol. The van der Waals surface area contributed by atoms with Crippen LogP contribution in [0, 0.1) is 19.3 Å². The molecular weight excluding hydrogens is 458 g/mol. The van der Waals surface area contributed by atoms with Gasteiger partial charge < -0.3 is 14.0 Å². The topological polar surface area (TPSA) is 66.9 Å². The number of benzene rings is 2. The number of halogens is 1. The van der Waals surface area contributed by atoms with Crippen LogP contribution in [0.1, 0.15) is 38.3 Å². The Morgan fingerprint density at radius 2 is 1.80 bits per heavy atom. The van der Waals surface area contributed by atoms with Crippen molar-refractivity contribution in [3.8, 4) is 11.1 Å². The van der Waals surface area contributed by atoms with Gasteiger partial charge in [0.25, 0.3) is 5.91 Å². The van der Waals surface area contributed by atoms with Crippen LogP contribution < -0.4 is 5.62 Å². The first-order valence-electron chi connectivity index (χ1n) is 11.7. The Morgan fingerprint density at radius 3 is 2.51 bits per heavy atom. The van der Waals surface area contributed by atoms with Crippen LogP contribution in [-0.4, -0.2) is 31.5 Å². The van der Waals surface area contributed by atoms with E-state index in [2.05, 4.69) is 17.1 Å². The number of nitrogens with zero attached hydrogens (tertiary/aromatic N) is 4. The Hall–Kier alpha value is -3.64. The number of imidazole rings is 1. The van der Waals surface area contributed by atoms with Gasteiger partial charge in [-0.2, -0.15) is 0 Å². The fourth-order valence-corrected chi connectivity index (χ4v) is 4.95. The van der Waals surface area contributed by atoms with E-state index in [1.807, 2.05) is 73.1 Å². The molecule has 3 heterocycles. The first-order chi connectivity index (χ1) is 16.8. The van der Waals surface area contributed by atoms with E-state index >= 15 is 0 Å². The molecule has 0 bridgehead atoms. The number of fused-ring (bicyclic) bond motifs is 1. The minimum absolute atomic E-state index is 0.0349. The number of aromatic nitrogens is 3. The third-order valence-corrected chi connectivity index (χ3v) is 7.21. The third kappa shape index (κ3) is 4.42. The molecule has 0 unspecified atom stereocenters.